The molecule has 1 atom stereocenters. The minimum Gasteiger partial charge on any atom is -0.397 e. The topological polar surface area (TPSA) is 131 Å². The quantitative estimate of drug-likeness (QED) is 0.397. The maximum atomic E-state index is 13.7. The van der Waals surface area contributed by atoms with Crippen molar-refractivity contribution >= 4 is 29.0 Å². The Bertz CT molecular complexity index is 1110. The fourth-order valence-electron chi connectivity index (χ4n) is 4.76. The number of rotatable bonds is 4. The largest absolute Gasteiger partial charge is 0.397 e. The molecule has 0 bridgehead atoms. The first-order valence-corrected chi connectivity index (χ1v) is 10.3. The van der Waals surface area contributed by atoms with E-state index >= 15 is 0 Å². The first-order valence-electron chi connectivity index (χ1n) is 10.3. The Kier molecular flexibility index (Phi) is 4.18. The average Bonchev–Trinajstić information content (AvgIpc) is 3.38. The van der Waals surface area contributed by atoms with Crippen molar-refractivity contribution in [2.24, 2.45) is 5.41 Å². The molecule has 3 aliphatic rings. The second-order valence-corrected chi connectivity index (χ2v) is 8.88. The number of anilines is 2. The van der Waals surface area contributed by atoms with Crippen molar-refractivity contribution < 1.29 is 14.5 Å². The lowest BCUT2D eigenvalue weighted by molar-refractivity contribution is -0.384. The van der Waals surface area contributed by atoms with Gasteiger partial charge < -0.3 is 21.3 Å². The van der Waals surface area contributed by atoms with Gasteiger partial charge >= 0.3 is 6.03 Å². The van der Waals surface area contributed by atoms with Crippen LogP contribution in [0.2, 0.25) is 0 Å². The van der Waals surface area contributed by atoms with Crippen LogP contribution in [-0.4, -0.2) is 40.4 Å². The van der Waals surface area contributed by atoms with Gasteiger partial charge in [-0.15, -0.1) is 0 Å². The molecule has 1 heterocycles. The van der Waals surface area contributed by atoms with Gasteiger partial charge in [0, 0.05) is 43.5 Å². The highest BCUT2D eigenvalue weighted by Crippen LogP contribution is 2.50. The fraction of sp³-hybridized carbons (Fsp3) is 0.364. The average molecular weight is 421 g/mol. The first kappa shape index (κ1) is 19.3. The van der Waals surface area contributed by atoms with Gasteiger partial charge in [0.2, 0.25) is 0 Å². The van der Waals surface area contributed by atoms with Crippen LogP contribution in [0.15, 0.2) is 42.5 Å². The van der Waals surface area contributed by atoms with Gasteiger partial charge in [-0.1, -0.05) is 18.2 Å². The lowest BCUT2D eigenvalue weighted by Crippen LogP contribution is -2.66. The van der Waals surface area contributed by atoms with E-state index in [1.807, 2.05) is 0 Å². The number of nitrogen functional groups attached to an aromatic ring is 1. The van der Waals surface area contributed by atoms with Crippen molar-refractivity contribution in [1.29, 1.82) is 0 Å². The molecule has 2 fully saturated rings. The number of hydrogen-bond donors (Lipinski definition) is 3. The molecule has 9 heteroatoms. The van der Waals surface area contributed by atoms with E-state index in [-0.39, 0.29) is 29.5 Å². The Morgan fingerprint density at radius 1 is 1.16 bits per heavy atom. The summed E-state index contributed by atoms with van der Waals surface area (Å²) in [6, 6.07) is 11.3. The number of para-hydroxylation sites is 2. The summed E-state index contributed by atoms with van der Waals surface area (Å²) < 4.78 is 0. The molecular formula is C22H23N5O4. The fourth-order valence-corrected chi connectivity index (χ4v) is 4.76. The first-order chi connectivity index (χ1) is 14.8. The molecule has 0 aromatic heterocycles. The van der Waals surface area contributed by atoms with Gasteiger partial charge in [0.25, 0.3) is 11.6 Å². The number of fused-ring (bicyclic) bond motifs is 1. The van der Waals surface area contributed by atoms with Crippen LogP contribution in [0.5, 0.6) is 0 Å². The van der Waals surface area contributed by atoms with Crippen molar-refractivity contribution in [1.82, 2.24) is 10.2 Å². The Labute approximate surface area is 178 Å². The van der Waals surface area contributed by atoms with E-state index < -0.39 is 10.5 Å². The van der Waals surface area contributed by atoms with Crippen LogP contribution in [0.4, 0.5) is 21.9 Å². The third-order valence-electron chi connectivity index (χ3n) is 6.83. The molecule has 1 unspecified atom stereocenters. The highest BCUT2D eigenvalue weighted by molar-refractivity contribution is 6.03. The zero-order chi connectivity index (χ0) is 21.8. The molecule has 1 saturated heterocycles. The molecule has 1 saturated carbocycles. The van der Waals surface area contributed by atoms with Gasteiger partial charge in [-0.2, -0.15) is 0 Å². The molecule has 2 aromatic carbocycles. The third kappa shape index (κ3) is 3.17. The van der Waals surface area contributed by atoms with Crippen molar-refractivity contribution in [2.75, 3.05) is 24.1 Å². The molecule has 31 heavy (non-hydrogen) atoms. The van der Waals surface area contributed by atoms with Crippen LogP contribution < -0.4 is 16.4 Å². The number of non-ortho nitro benzene ring substituents is 1. The highest BCUT2D eigenvalue weighted by atomic mass is 16.6. The van der Waals surface area contributed by atoms with Crippen molar-refractivity contribution in [3.8, 4) is 0 Å². The SMILES string of the molecule is Nc1ccccc1NC(=O)C1(N2CC3(CC3)CNC2=O)Cc2ccc([N+](=O)[O-])cc2C1. The van der Waals surface area contributed by atoms with E-state index in [1.54, 1.807) is 35.2 Å². The summed E-state index contributed by atoms with van der Waals surface area (Å²) in [7, 11) is 0. The van der Waals surface area contributed by atoms with Crippen LogP contribution in [0, 0.1) is 15.5 Å². The molecule has 4 N–H and O–H groups in total. The number of amides is 3. The molecule has 1 spiro atoms. The summed E-state index contributed by atoms with van der Waals surface area (Å²) >= 11 is 0. The Morgan fingerprint density at radius 3 is 2.61 bits per heavy atom. The van der Waals surface area contributed by atoms with Crippen LogP contribution in [0.25, 0.3) is 0 Å². The molecule has 5 rings (SSSR count). The lowest BCUT2D eigenvalue weighted by atomic mass is 9.89. The van der Waals surface area contributed by atoms with E-state index in [4.69, 9.17) is 5.73 Å². The maximum Gasteiger partial charge on any atom is 0.318 e. The van der Waals surface area contributed by atoms with Crippen molar-refractivity contribution in [3.05, 3.63) is 63.7 Å². The predicted molar refractivity (Wildman–Crippen MR) is 114 cm³/mol. The zero-order valence-corrected chi connectivity index (χ0v) is 16.9. The molecule has 0 radical (unpaired) electrons. The molecule has 2 aromatic rings. The third-order valence-corrected chi connectivity index (χ3v) is 6.83. The number of urea groups is 1. The van der Waals surface area contributed by atoms with Gasteiger partial charge in [-0.3, -0.25) is 14.9 Å². The number of carbonyl (C=O) groups is 2. The molecular weight excluding hydrogens is 398 g/mol. The number of benzene rings is 2. The molecule has 9 nitrogen and oxygen atoms in total. The summed E-state index contributed by atoms with van der Waals surface area (Å²) in [6.45, 7) is 1.11. The van der Waals surface area contributed by atoms with E-state index in [0.717, 1.165) is 18.4 Å². The normalized spacial score (nSPS) is 23.2. The molecule has 2 aliphatic carbocycles. The lowest BCUT2D eigenvalue weighted by Gasteiger charge is -2.44. The van der Waals surface area contributed by atoms with Gasteiger partial charge in [0.05, 0.1) is 16.3 Å². The summed E-state index contributed by atoms with van der Waals surface area (Å²) in [5, 5.41) is 17.1. The second-order valence-electron chi connectivity index (χ2n) is 8.88. The van der Waals surface area contributed by atoms with Gasteiger partial charge in [-0.25, -0.2) is 4.79 Å². The zero-order valence-electron chi connectivity index (χ0n) is 16.9. The van der Waals surface area contributed by atoms with Gasteiger partial charge in [0.1, 0.15) is 5.54 Å². The minimum absolute atomic E-state index is 0.00767. The molecule has 3 amide bonds. The van der Waals surface area contributed by atoms with E-state index in [2.05, 4.69) is 10.6 Å². The van der Waals surface area contributed by atoms with E-state index in [1.165, 1.54) is 12.1 Å². The van der Waals surface area contributed by atoms with Crippen LogP contribution in [-0.2, 0) is 17.6 Å². The summed E-state index contributed by atoms with van der Waals surface area (Å²) in [5.41, 5.74) is 7.29. The Morgan fingerprint density at radius 2 is 1.90 bits per heavy atom. The van der Waals surface area contributed by atoms with Crippen LogP contribution in [0.3, 0.4) is 0 Å². The Balaban J connectivity index is 1.54. The van der Waals surface area contributed by atoms with E-state index in [9.17, 15) is 19.7 Å². The number of nitrogens with two attached hydrogens (primary N) is 1. The van der Waals surface area contributed by atoms with E-state index in [0.29, 0.717) is 36.4 Å². The maximum absolute atomic E-state index is 13.7. The number of nitrogens with zero attached hydrogens (tertiary/aromatic N) is 2. The standard InChI is InChI=1S/C22H23N5O4/c23-17-3-1-2-4-18(17)25-19(28)22(26-13-21(7-8-21)12-24-20(26)29)10-14-5-6-16(27(30)31)9-15(14)11-22/h1-6,9H,7-8,10-13,23H2,(H,24,29)(H,25,28). The summed E-state index contributed by atoms with van der Waals surface area (Å²) in [5.74, 6) is -0.336. The van der Waals surface area contributed by atoms with Crippen molar-refractivity contribution in [2.45, 2.75) is 31.2 Å². The monoisotopic (exact) mass is 421 g/mol. The number of nitro benzene ring substituents is 1. The van der Waals surface area contributed by atoms with Gasteiger partial charge in [-0.05, 0) is 36.1 Å². The molecule has 1 aliphatic heterocycles. The van der Waals surface area contributed by atoms with Crippen LogP contribution in [0.1, 0.15) is 24.0 Å². The number of hydrogen-bond acceptors (Lipinski definition) is 5. The highest BCUT2D eigenvalue weighted by Gasteiger charge is 2.57. The predicted octanol–water partition coefficient (Wildman–Crippen LogP) is 2.46. The second kappa shape index (κ2) is 6.69. The van der Waals surface area contributed by atoms with Crippen LogP contribution >= 0.6 is 0 Å². The molecule has 160 valence electrons. The number of nitrogens with one attached hydrogen (secondary N) is 2. The number of carbonyl (C=O) groups excluding carboxylic acids is 2. The summed E-state index contributed by atoms with van der Waals surface area (Å²) in [4.78, 5) is 39.1. The van der Waals surface area contributed by atoms with Gasteiger partial charge in [0.15, 0.2) is 0 Å². The Hall–Kier alpha value is -3.62. The number of nitro groups is 1. The smallest absolute Gasteiger partial charge is 0.318 e. The van der Waals surface area contributed by atoms with Crippen molar-refractivity contribution in [3.63, 3.8) is 0 Å². The minimum atomic E-state index is -1.18. The summed E-state index contributed by atoms with van der Waals surface area (Å²) in [6.07, 6.45) is 2.52.